The highest BCUT2D eigenvalue weighted by Crippen LogP contribution is 2.64. The third-order valence-corrected chi connectivity index (χ3v) is 6.81. The van der Waals surface area contributed by atoms with Gasteiger partial charge in [0.1, 0.15) is 6.04 Å². The summed E-state index contributed by atoms with van der Waals surface area (Å²) in [5.41, 5.74) is -0.283. The monoisotopic (exact) mass is 371 g/mol. The number of carbonyl (C=O) groups excluding carboxylic acids is 2. The van der Waals surface area contributed by atoms with E-state index in [0.717, 1.165) is 19.3 Å². The Balaban J connectivity index is 1.78. The molecule has 0 heterocycles. The summed E-state index contributed by atoms with van der Waals surface area (Å²) in [6, 6.07) is -0.545. The number of methoxy groups -OCH3 is 1. The van der Waals surface area contributed by atoms with Crippen molar-refractivity contribution in [2.24, 2.45) is 23.2 Å². The number of alkyl halides is 1. The first-order valence-electron chi connectivity index (χ1n) is 8.35. The van der Waals surface area contributed by atoms with Crippen LogP contribution in [-0.4, -0.2) is 29.4 Å². The minimum absolute atomic E-state index is 0.0308. The molecule has 1 amide bonds. The summed E-state index contributed by atoms with van der Waals surface area (Å²) in [4.78, 5) is 25.0. The summed E-state index contributed by atoms with van der Waals surface area (Å²) in [6.45, 7) is 3.88. The number of amides is 1. The number of carbonyl (C=O) groups is 2. The van der Waals surface area contributed by atoms with Crippen LogP contribution >= 0.6 is 15.9 Å². The summed E-state index contributed by atoms with van der Waals surface area (Å²) >= 11 is 3.93. The van der Waals surface area contributed by atoms with E-state index in [0.29, 0.717) is 11.8 Å². The lowest BCUT2D eigenvalue weighted by Gasteiger charge is -2.59. The highest BCUT2D eigenvalue weighted by Gasteiger charge is 2.60. The van der Waals surface area contributed by atoms with Crippen LogP contribution in [0.25, 0.3) is 0 Å². The van der Waals surface area contributed by atoms with Crippen molar-refractivity contribution in [2.75, 3.05) is 7.11 Å². The molecule has 0 aromatic carbocycles. The zero-order valence-electron chi connectivity index (χ0n) is 13.7. The molecule has 0 aliphatic heterocycles. The Kier molecular flexibility index (Phi) is 4.07. The van der Waals surface area contributed by atoms with Crippen molar-refractivity contribution in [1.82, 2.24) is 5.32 Å². The van der Waals surface area contributed by atoms with Crippen LogP contribution in [0.2, 0.25) is 0 Å². The molecule has 0 spiro atoms. The molecule has 22 heavy (non-hydrogen) atoms. The normalized spacial score (nSPS) is 40.6. The largest absolute Gasteiger partial charge is 0.467 e. The molecule has 4 aliphatic rings. The van der Waals surface area contributed by atoms with Crippen LogP contribution in [0.3, 0.4) is 0 Å². The molecule has 0 saturated heterocycles. The van der Waals surface area contributed by atoms with Crippen molar-refractivity contribution in [3.05, 3.63) is 0 Å². The van der Waals surface area contributed by atoms with Gasteiger partial charge >= 0.3 is 5.97 Å². The molecule has 4 bridgehead atoms. The van der Waals surface area contributed by atoms with Gasteiger partial charge in [0.2, 0.25) is 5.91 Å². The summed E-state index contributed by atoms with van der Waals surface area (Å²) in [5, 5.41) is 3.01. The van der Waals surface area contributed by atoms with Crippen LogP contribution in [0.5, 0.6) is 0 Å². The third-order valence-electron chi connectivity index (χ3n) is 5.88. The van der Waals surface area contributed by atoms with Crippen molar-refractivity contribution < 1.29 is 14.3 Å². The first kappa shape index (κ1) is 16.3. The third kappa shape index (κ3) is 2.70. The van der Waals surface area contributed by atoms with E-state index >= 15 is 0 Å². The summed E-state index contributed by atoms with van der Waals surface area (Å²) in [7, 11) is 1.38. The van der Waals surface area contributed by atoms with Crippen LogP contribution in [0.15, 0.2) is 0 Å². The van der Waals surface area contributed by atoms with Gasteiger partial charge in [-0.05, 0) is 56.3 Å². The molecule has 0 radical (unpaired) electrons. The minimum Gasteiger partial charge on any atom is -0.467 e. The molecule has 0 aromatic rings. The Bertz CT molecular complexity index is 476. The van der Waals surface area contributed by atoms with Gasteiger partial charge in [0, 0.05) is 4.32 Å². The fourth-order valence-corrected chi connectivity index (χ4v) is 6.79. The number of hydrogen-bond donors (Lipinski definition) is 1. The smallest absolute Gasteiger partial charge is 0.328 e. The number of rotatable bonds is 4. The topological polar surface area (TPSA) is 55.4 Å². The maximum absolute atomic E-state index is 13.0. The number of esters is 1. The molecule has 4 nitrogen and oxygen atoms in total. The molecule has 4 fully saturated rings. The van der Waals surface area contributed by atoms with Gasteiger partial charge in [-0.3, -0.25) is 4.79 Å². The molecule has 2 unspecified atom stereocenters. The fraction of sp³-hybridized carbons (Fsp3) is 0.882. The molecule has 4 saturated carbocycles. The summed E-state index contributed by atoms with van der Waals surface area (Å²) < 4.78 is 5.00. The number of hydrogen-bond acceptors (Lipinski definition) is 3. The first-order chi connectivity index (χ1) is 10.3. The van der Waals surface area contributed by atoms with Crippen LogP contribution in [0.4, 0.5) is 0 Å². The van der Waals surface area contributed by atoms with E-state index in [4.69, 9.17) is 4.74 Å². The number of ether oxygens (including phenoxy) is 1. The van der Waals surface area contributed by atoms with E-state index < -0.39 is 6.04 Å². The lowest BCUT2D eigenvalue weighted by Crippen LogP contribution is -2.60. The van der Waals surface area contributed by atoms with Crippen molar-refractivity contribution in [3.63, 3.8) is 0 Å². The van der Waals surface area contributed by atoms with Crippen LogP contribution in [0, 0.1) is 23.2 Å². The molecular formula is C17H26BrNO3. The highest BCUT2D eigenvalue weighted by molar-refractivity contribution is 9.10. The average Bonchev–Trinajstić information content (AvgIpc) is 2.40. The second-order valence-electron chi connectivity index (χ2n) is 8.11. The molecule has 124 valence electrons. The Hall–Kier alpha value is -0.580. The van der Waals surface area contributed by atoms with Crippen molar-refractivity contribution in [1.29, 1.82) is 0 Å². The van der Waals surface area contributed by atoms with E-state index in [-0.39, 0.29) is 27.5 Å². The molecule has 1 N–H and O–H groups in total. The second-order valence-corrected chi connectivity index (χ2v) is 9.79. The Morgan fingerprint density at radius 3 is 2.23 bits per heavy atom. The molecule has 4 rings (SSSR count). The van der Waals surface area contributed by atoms with E-state index in [9.17, 15) is 9.59 Å². The summed E-state index contributed by atoms with van der Waals surface area (Å²) in [5.74, 6) is 1.06. The molecule has 5 heteroatoms. The van der Waals surface area contributed by atoms with Crippen molar-refractivity contribution in [3.8, 4) is 0 Å². The Morgan fingerprint density at radius 2 is 1.77 bits per heavy atom. The number of halogens is 1. The quantitative estimate of drug-likeness (QED) is 0.610. The van der Waals surface area contributed by atoms with Gasteiger partial charge in [0.05, 0.1) is 12.5 Å². The standard InChI is InChI=1S/C17H26BrNO3/c1-10(2)13(14(20)22-3)19-15(21)16-5-11-4-12(6-16)8-17(18,7-11)9-16/h10-13H,4-9H2,1-3H3,(H,19,21)/t11?,12?,13-,16?,17?/m0/s1. The SMILES string of the molecule is COC(=O)[C@@H](NC(=O)C12CC3CC(CC(Br)(C3)C1)C2)C(C)C. The maximum Gasteiger partial charge on any atom is 0.328 e. The fourth-order valence-electron chi connectivity index (χ4n) is 5.34. The van der Waals surface area contributed by atoms with E-state index in [1.165, 1.54) is 26.4 Å². The van der Waals surface area contributed by atoms with Crippen LogP contribution in [-0.2, 0) is 14.3 Å². The van der Waals surface area contributed by atoms with E-state index in [2.05, 4.69) is 21.2 Å². The van der Waals surface area contributed by atoms with Gasteiger partial charge in [-0.1, -0.05) is 29.8 Å². The number of nitrogens with one attached hydrogen (secondary N) is 1. The van der Waals surface area contributed by atoms with E-state index in [1.54, 1.807) is 0 Å². The predicted octanol–water partition coefficient (Wildman–Crippen LogP) is 3.03. The van der Waals surface area contributed by atoms with Gasteiger partial charge in [0.25, 0.3) is 0 Å². The lowest BCUT2D eigenvalue weighted by atomic mass is 9.49. The second kappa shape index (κ2) is 5.50. The summed E-state index contributed by atoms with van der Waals surface area (Å²) in [6.07, 6.45) is 6.54. The average molecular weight is 372 g/mol. The molecular weight excluding hydrogens is 346 g/mol. The van der Waals surface area contributed by atoms with Crippen molar-refractivity contribution >= 4 is 27.8 Å². The van der Waals surface area contributed by atoms with Gasteiger partial charge in [-0.15, -0.1) is 0 Å². The molecule has 0 aromatic heterocycles. The zero-order chi connectivity index (χ0) is 16.1. The first-order valence-corrected chi connectivity index (χ1v) is 9.14. The Morgan fingerprint density at radius 1 is 1.18 bits per heavy atom. The Labute approximate surface area is 140 Å². The van der Waals surface area contributed by atoms with Gasteiger partial charge in [-0.25, -0.2) is 4.79 Å². The van der Waals surface area contributed by atoms with Crippen molar-refractivity contribution in [2.45, 2.75) is 62.7 Å². The maximum atomic E-state index is 13.0. The predicted molar refractivity (Wildman–Crippen MR) is 87.6 cm³/mol. The van der Waals surface area contributed by atoms with Gasteiger partial charge < -0.3 is 10.1 Å². The van der Waals surface area contributed by atoms with Gasteiger partial charge in [0.15, 0.2) is 0 Å². The molecule has 4 aliphatic carbocycles. The van der Waals surface area contributed by atoms with Crippen LogP contribution in [0.1, 0.15) is 52.4 Å². The zero-order valence-corrected chi connectivity index (χ0v) is 15.2. The lowest BCUT2D eigenvalue weighted by molar-refractivity contribution is -0.152. The highest BCUT2D eigenvalue weighted by atomic mass is 79.9. The molecule has 3 atom stereocenters. The van der Waals surface area contributed by atoms with E-state index in [1.807, 2.05) is 13.8 Å². The van der Waals surface area contributed by atoms with Crippen LogP contribution < -0.4 is 5.32 Å². The minimum atomic E-state index is -0.545. The van der Waals surface area contributed by atoms with Gasteiger partial charge in [-0.2, -0.15) is 0 Å².